The Hall–Kier alpha value is -0.440. The van der Waals surface area contributed by atoms with E-state index in [2.05, 4.69) is 0 Å². The van der Waals surface area contributed by atoms with Crippen molar-refractivity contribution in [2.45, 2.75) is 15.8 Å². The van der Waals surface area contributed by atoms with Crippen molar-refractivity contribution in [2.24, 2.45) is 7.05 Å². The van der Waals surface area contributed by atoms with E-state index in [4.69, 9.17) is 55.9 Å². The quantitative estimate of drug-likeness (QED) is 0.566. The van der Waals surface area contributed by atoms with Crippen molar-refractivity contribution in [3.05, 3.63) is 31.0 Å². The zero-order valence-corrected chi connectivity index (χ0v) is 14.0. The fourth-order valence-electron chi connectivity index (χ4n) is 2.96. The number of methoxy groups -OCH3 is 2. The van der Waals surface area contributed by atoms with Gasteiger partial charge in [-0.15, -0.1) is 0 Å². The fourth-order valence-corrected chi connectivity index (χ4v) is 4.86. The minimum Gasteiger partial charge on any atom is -0.347 e. The standard InChI is InChI=1S/C10H9Cl4N3O4/c1-15-6(18)16-8(13)4(11)5(12)9(14,17(16)7(15)19)10(8,20-2)21-3/h1-3H3/t8-,9-/m0/s1. The second-order valence-corrected chi connectivity index (χ2v) is 6.49. The number of nitrogens with zero attached hydrogens (tertiary/aromatic N) is 3. The van der Waals surface area contributed by atoms with Crippen molar-refractivity contribution in [2.75, 3.05) is 14.2 Å². The molecule has 21 heavy (non-hydrogen) atoms. The molecule has 0 unspecified atom stereocenters. The summed E-state index contributed by atoms with van der Waals surface area (Å²) in [6.07, 6.45) is 0. The van der Waals surface area contributed by atoms with Crippen LogP contribution in [0.25, 0.3) is 0 Å². The van der Waals surface area contributed by atoms with Crippen molar-refractivity contribution in [3.8, 4) is 0 Å². The lowest BCUT2D eigenvalue weighted by molar-refractivity contribution is -0.240. The third-order valence-corrected chi connectivity index (χ3v) is 6.35. The maximum atomic E-state index is 12.3. The van der Waals surface area contributed by atoms with Crippen LogP contribution in [-0.4, -0.2) is 33.9 Å². The SMILES string of the molecule is COC1(OC)[C@]2(Cl)C(Cl)=C(Cl)[C@]1(Cl)n1c(=O)n(C)c(=O)n12. The summed E-state index contributed by atoms with van der Waals surface area (Å²) in [5, 5.41) is -0.283. The van der Waals surface area contributed by atoms with E-state index in [1.54, 1.807) is 0 Å². The highest BCUT2D eigenvalue weighted by atomic mass is 35.5. The van der Waals surface area contributed by atoms with E-state index in [1.807, 2.05) is 0 Å². The van der Waals surface area contributed by atoms with Crippen molar-refractivity contribution in [1.82, 2.24) is 13.9 Å². The van der Waals surface area contributed by atoms with Crippen molar-refractivity contribution in [3.63, 3.8) is 0 Å². The molecule has 2 aliphatic rings. The molecule has 1 aromatic heterocycles. The summed E-state index contributed by atoms with van der Waals surface area (Å²) in [5.41, 5.74) is -1.45. The molecule has 0 N–H and O–H groups in total. The monoisotopic (exact) mass is 375 g/mol. The molecule has 0 fully saturated rings. The molecule has 1 aromatic rings. The van der Waals surface area contributed by atoms with Gasteiger partial charge in [-0.1, -0.05) is 46.4 Å². The Kier molecular flexibility index (Phi) is 3.01. The molecule has 7 nitrogen and oxygen atoms in total. The highest BCUT2D eigenvalue weighted by molar-refractivity contribution is 6.50. The molecule has 0 spiro atoms. The molecule has 1 aliphatic heterocycles. The molecule has 0 saturated carbocycles. The lowest BCUT2D eigenvalue weighted by Crippen LogP contribution is -2.57. The number of alkyl halides is 2. The van der Waals surface area contributed by atoms with Crippen LogP contribution in [0, 0.1) is 0 Å². The minimum atomic E-state index is -1.89. The van der Waals surface area contributed by atoms with Crippen LogP contribution in [0.3, 0.4) is 0 Å². The average Bonchev–Trinajstić information content (AvgIpc) is 2.85. The van der Waals surface area contributed by atoms with Crippen LogP contribution in [0.2, 0.25) is 0 Å². The van der Waals surface area contributed by atoms with Gasteiger partial charge in [0.2, 0.25) is 10.00 Å². The Labute approximate surface area is 138 Å². The zero-order chi connectivity index (χ0) is 16.0. The van der Waals surface area contributed by atoms with Gasteiger partial charge in [0.1, 0.15) is 0 Å². The van der Waals surface area contributed by atoms with Crippen LogP contribution >= 0.6 is 46.4 Å². The zero-order valence-electron chi connectivity index (χ0n) is 11.0. The molecular formula is C10H9Cl4N3O4. The van der Waals surface area contributed by atoms with Gasteiger partial charge < -0.3 is 9.47 Å². The summed E-state index contributed by atoms with van der Waals surface area (Å²) in [5.74, 6) is -1.86. The Morgan fingerprint density at radius 1 is 0.905 bits per heavy atom. The van der Waals surface area contributed by atoms with Gasteiger partial charge in [0, 0.05) is 21.3 Å². The number of hydrogen-bond donors (Lipinski definition) is 0. The lowest BCUT2D eigenvalue weighted by Gasteiger charge is -2.38. The molecule has 0 radical (unpaired) electrons. The molecule has 2 heterocycles. The Balaban J connectivity index is 2.59. The molecule has 0 amide bonds. The highest BCUT2D eigenvalue weighted by Crippen LogP contribution is 2.68. The molecule has 1 aliphatic carbocycles. The number of hydrogen-bond acceptors (Lipinski definition) is 4. The number of aromatic nitrogens is 3. The van der Waals surface area contributed by atoms with E-state index >= 15 is 0 Å². The second kappa shape index (κ2) is 4.10. The van der Waals surface area contributed by atoms with E-state index in [1.165, 1.54) is 21.3 Å². The predicted octanol–water partition coefficient (Wildman–Crippen LogP) is 0.837. The Morgan fingerprint density at radius 3 is 1.52 bits per heavy atom. The van der Waals surface area contributed by atoms with Gasteiger partial charge >= 0.3 is 11.4 Å². The first-order valence-electron chi connectivity index (χ1n) is 5.63. The smallest absolute Gasteiger partial charge is 0.347 e. The first kappa shape index (κ1) is 15.5. The van der Waals surface area contributed by atoms with Gasteiger partial charge in [-0.3, -0.25) is 0 Å². The molecule has 11 heteroatoms. The molecular weight excluding hydrogens is 368 g/mol. The van der Waals surface area contributed by atoms with Crippen molar-refractivity contribution in [1.29, 1.82) is 0 Å². The third-order valence-electron chi connectivity index (χ3n) is 3.94. The second-order valence-electron chi connectivity index (χ2n) is 4.64. The summed E-state index contributed by atoms with van der Waals surface area (Å²) in [7, 11) is 3.81. The number of fused-ring (bicyclic) bond motifs is 5. The van der Waals surface area contributed by atoms with Crippen LogP contribution < -0.4 is 11.4 Å². The number of ether oxygens (including phenoxy) is 2. The maximum absolute atomic E-state index is 12.3. The molecule has 0 aromatic carbocycles. The van der Waals surface area contributed by atoms with Crippen LogP contribution in [0.1, 0.15) is 0 Å². The molecule has 2 atom stereocenters. The number of rotatable bonds is 2. The van der Waals surface area contributed by atoms with Crippen LogP contribution in [0.5, 0.6) is 0 Å². The summed E-state index contributed by atoms with van der Waals surface area (Å²) < 4.78 is 13.3. The summed E-state index contributed by atoms with van der Waals surface area (Å²) in [4.78, 5) is 20.8. The fraction of sp³-hybridized carbons (Fsp3) is 0.600. The molecule has 3 rings (SSSR count). The molecule has 2 bridgehead atoms. The third kappa shape index (κ3) is 1.18. The summed E-state index contributed by atoms with van der Waals surface area (Å²) >= 11 is 25.5. The van der Waals surface area contributed by atoms with Gasteiger partial charge in [-0.05, 0) is 0 Å². The first-order chi connectivity index (χ1) is 9.66. The van der Waals surface area contributed by atoms with Gasteiger partial charge in [-0.2, -0.15) is 9.36 Å². The maximum Gasteiger partial charge on any atom is 0.349 e. The van der Waals surface area contributed by atoms with E-state index in [9.17, 15) is 9.59 Å². The average molecular weight is 377 g/mol. The largest absolute Gasteiger partial charge is 0.349 e. The van der Waals surface area contributed by atoms with Crippen molar-refractivity contribution >= 4 is 46.4 Å². The molecule has 116 valence electrons. The van der Waals surface area contributed by atoms with E-state index < -0.39 is 27.2 Å². The van der Waals surface area contributed by atoms with E-state index in [0.29, 0.717) is 0 Å². The van der Waals surface area contributed by atoms with Crippen molar-refractivity contribution < 1.29 is 9.47 Å². The minimum absolute atomic E-state index is 0.141. The lowest BCUT2D eigenvalue weighted by atomic mass is 10.1. The summed E-state index contributed by atoms with van der Waals surface area (Å²) in [6.45, 7) is 0. The van der Waals surface area contributed by atoms with Crippen LogP contribution in [0.4, 0.5) is 0 Å². The summed E-state index contributed by atoms with van der Waals surface area (Å²) in [6, 6.07) is 0. The van der Waals surface area contributed by atoms with Gasteiger partial charge in [0.05, 0.1) is 10.1 Å². The van der Waals surface area contributed by atoms with E-state index in [-0.39, 0.29) is 10.1 Å². The van der Waals surface area contributed by atoms with Crippen LogP contribution in [0.15, 0.2) is 19.7 Å². The van der Waals surface area contributed by atoms with Gasteiger partial charge in [-0.25, -0.2) is 14.2 Å². The Bertz CT molecular complexity index is 745. The first-order valence-corrected chi connectivity index (χ1v) is 7.14. The highest BCUT2D eigenvalue weighted by Gasteiger charge is 2.82. The number of halogens is 4. The topological polar surface area (TPSA) is 67.4 Å². The van der Waals surface area contributed by atoms with Gasteiger partial charge in [0.25, 0.3) is 5.79 Å². The molecule has 0 saturated heterocycles. The normalized spacial score (nSPS) is 32.9. The van der Waals surface area contributed by atoms with Crippen LogP contribution in [-0.2, 0) is 26.5 Å². The Morgan fingerprint density at radius 2 is 1.24 bits per heavy atom. The predicted molar refractivity (Wildman–Crippen MR) is 77.1 cm³/mol. The van der Waals surface area contributed by atoms with E-state index in [0.717, 1.165) is 13.9 Å². The van der Waals surface area contributed by atoms with Gasteiger partial charge in [0.15, 0.2) is 0 Å².